The minimum absolute atomic E-state index is 0.141. The van der Waals surface area contributed by atoms with Gasteiger partial charge in [0.25, 0.3) is 0 Å². The maximum absolute atomic E-state index is 2.48. The molecule has 10 aromatic rings. The standard InChI is InChI=1S/C57H42N2/c1-57(2)51-25-13-9-23-47(51)48-35-33-43(37-52(48)57)58(53-26-14-10-22-46(53)42-31-29-40(30-32-42)39-17-5-3-6-18-39)44-34-36-50-49-24-12-16-28-55(49)59(56(50)38-44)54-27-15-11-21-45(54)41-19-7-4-8-20-41/h3-38H,1-2H3. The predicted octanol–water partition coefficient (Wildman–Crippen LogP) is 15.6. The third-order valence-corrected chi connectivity index (χ3v) is 12.4. The number of nitrogens with zero attached hydrogens (tertiary/aromatic N) is 2. The van der Waals surface area contributed by atoms with E-state index in [9.17, 15) is 0 Å². The van der Waals surface area contributed by atoms with Gasteiger partial charge in [-0.2, -0.15) is 0 Å². The minimum atomic E-state index is -0.141. The van der Waals surface area contributed by atoms with Crippen molar-refractivity contribution in [1.82, 2.24) is 4.57 Å². The van der Waals surface area contributed by atoms with Gasteiger partial charge in [0, 0.05) is 38.7 Å². The van der Waals surface area contributed by atoms with Crippen molar-refractivity contribution in [2.24, 2.45) is 0 Å². The van der Waals surface area contributed by atoms with Crippen LogP contribution in [0, 0.1) is 0 Å². The first-order valence-electron chi connectivity index (χ1n) is 20.5. The lowest BCUT2D eigenvalue weighted by Gasteiger charge is -2.30. The summed E-state index contributed by atoms with van der Waals surface area (Å²) in [4.78, 5) is 2.48. The monoisotopic (exact) mass is 754 g/mol. The van der Waals surface area contributed by atoms with Crippen molar-refractivity contribution < 1.29 is 0 Å². The predicted molar refractivity (Wildman–Crippen MR) is 249 cm³/mol. The Morgan fingerprint density at radius 2 is 0.881 bits per heavy atom. The van der Waals surface area contributed by atoms with Crippen LogP contribution in [0.5, 0.6) is 0 Å². The van der Waals surface area contributed by atoms with Crippen LogP contribution in [0.25, 0.3) is 72.0 Å². The number of hydrogen-bond acceptors (Lipinski definition) is 1. The van der Waals surface area contributed by atoms with E-state index >= 15 is 0 Å². The summed E-state index contributed by atoms with van der Waals surface area (Å²) in [5, 5.41) is 2.46. The first-order chi connectivity index (χ1) is 29.0. The topological polar surface area (TPSA) is 8.17 Å². The molecule has 0 bridgehead atoms. The summed E-state index contributed by atoms with van der Waals surface area (Å²) in [6, 6.07) is 79.9. The van der Waals surface area contributed by atoms with Crippen molar-refractivity contribution in [1.29, 1.82) is 0 Å². The van der Waals surface area contributed by atoms with Crippen LogP contribution < -0.4 is 4.90 Å². The largest absolute Gasteiger partial charge is 0.310 e. The highest BCUT2D eigenvalue weighted by Gasteiger charge is 2.36. The number of rotatable bonds is 7. The summed E-state index contributed by atoms with van der Waals surface area (Å²) < 4.78 is 2.46. The van der Waals surface area contributed by atoms with E-state index in [1.54, 1.807) is 0 Å². The fourth-order valence-corrected chi connectivity index (χ4v) is 9.53. The quantitative estimate of drug-likeness (QED) is 0.157. The van der Waals surface area contributed by atoms with Gasteiger partial charge in [-0.15, -0.1) is 0 Å². The van der Waals surface area contributed by atoms with Crippen LogP contribution in [-0.2, 0) is 5.41 Å². The van der Waals surface area contributed by atoms with Crippen LogP contribution >= 0.6 is 0 Å². The Balaban J connectivity index is 1.15. The fourth-order valence-electron chi connectivity index (χ4n) is 9.53. The zero-order valence-electron chi connectivity index (χ0n) is 33.2. The van der Waals surface area contributed by atoms with Crippen molar-refractivity contribution in [2.45, 2.75) is 19.3 Å². The summed E-state index contributed by atoms with van der Waals surface area (Å²) >= 11 is 0. The molecule has 0 radical (unpaired) electrons. The molecule has 0 atom stereocenters. The molecule has 280 valence electrons. The SMILES string of the molecule is CC1(C)c2ccccc2-c2ccc(N(c3ccc4c5ccccc5n(-c5ccccc5-c5ccccc5)c4c3)c3ccccc3-c3ccc(-c4ccccc4)cc3)cc21. The average Bonchev–Trinajstić information content (AvgIpc) is 3.75. The van der Waals surface area contributed by atoms with Gasteiger partial charge in [-0.05, 0) is 87.0 Å². The number of fused-ring (bicyclic) bond motifs is 6. The minimum Gasteiger partial charge on any atom is -0.310 e. The second-order valence-electron chi connectivity index (χ2n) is 16.1. The summed E-state index contributed by atoms with van der Waals surface area (Å²) in [6.07, 6.45) is 0. The first-order valence-corrected chi connectivity index (χ1v) is 20.5. The Morgan fingerprint density at radius 3 is 1.68 bits per heavy atom. The molecule has 0 saturated carbocycles. The summed E-state index contributed by atoms with van der Waals surface area (Å²) in [5.41, 5.74) is 19.2. The Hall–Kier alpha value is -7.42. The second kappa shape index (κ2) is 13.9. The highest BCUT2D eigenvalue weighted by molar-refractivity contribution is 6.11. The second-order valence-corrected chi connectivity index (χ2v) is 16.1. The number of anilines is 3. The normalized spacial score (nSPS) is 12.7. The van der Waals surface area contributed by atoms with E-state index < -0.39 is 0 Å². The van der Waals surface area contributed by atoms with Crippen molar-refractivity contribution in [3.8, 4) is 50.2 Å². The number of para-hydroxylation sites is 3. The van der Waals surface area contributed by atoms with Gasteiger partial charge in [0.15, 0.2) is 0 Å². The molecule has 0 saturated heterocycles. The molecule has 1 aliphatic rings. The van der Waals surface area contributed by atoms with E-state index in [4.69, 9.17) is 0 Å². The summed E-state index contributed by atoms with van der Waals surface area (Å²) in [5.74, 6) is 0. The molecule has 1 heterocycles. The van der Waals surface area contributed by atoms with Crippen molar-refractivity contribution in [3.63, 3.8) is 0 Å². The number of benzene rings is 9. The molecule has 1 aliphatic carbocycles. The van der Waals surface area contributed by atoms with Crippen LogP contribution in [0.15, 0.2) is 218 Å². The Labute approximate surface area is 345 Å². The van der Waals surface area contributed by atoms with Crippen molar-refractivity contribution in [3.05, 3.63) is 230 Å². The zero-order valence-corrected chi connectivity index (χ0v) is 33.2. The van der Waals surface area contributed by atoms with Gasteiger partial charge in [-0.1, -0.05) is 190 Å². The fraction of sp³-hybridized carbons (Fsp3) is 0.0526. The molecule has 0 amide bonds. The maximum atomic E-state index is 2.48. The molecule has 0 N–H and O–H groups in total. The van der Waals surface area contributed by atoms with E-state index in [2.05, 4.69) is 242 Å². The van der Waals surface area contributed by atoms with E-state index in [1.165, 1.54) is 71.9 Å². The molecular formula is C57H42N2. The van der Waals surface area contributed by atoms with E-state index in [0.29, 0.717) is 0 Å². The highest BCUT2D eigenvalue weighted by atomic mass is 15.1. The van der Waals surface area contributed by atoms with Gasteiger partial charge in [-0.25, -0.2) is 0 Å². The van der Waals surface area contributed by atoms with Crippen LogP contribution in [0.3, 0.4) is 0 Å². The lowest BCUT2D eigenvalue weighted by molar-refractivity contribution is 0.660. The van der Waals surface area contributed by atoms with Gasteiger partial charge >= 0.3 is 0 Å². The average molecular weight is 755 g/mol. The Kier molecular flexibility index (Phi) is 8.20. The summed E-state index contributed by atoms with van der Waals surface area (Å²) in [7, 11) is 0. The number of aromatic nitrogens is 1. The van der Waals surface area contributed by atoms with Gasteiger partial charge in [0.05, 0.1) is 22.4 Å². The molecule has 0 spiro atoms. The maximum Gasteiger partial charge on any atom is 0.0562 e. The third-order valence-electron chi connectivity index (χ3n) is 12.4. The smallest absolute Gasteiger partial charge is 0.0562 e. The van der Waals surface area contributed by atoms with Crippen molar-refractivity contribution in [2.75, 3.05) is 4.90 Å². The molecule has 0 unspecified atom stereocenters. The van der Waals surface area contributed by atoms with Crippen LogP contribution in [0.2, 0.25) is 0 Å². The molecule has 0 fully saturated rings. The van der Waals surface area contributed by atoms with Crippen LogP contribution in [0.1, 0.15) is 25.0 Å². The van der Waals surface area contributed by atoms with E-state index in [0.717, 1.165) is 28.3 Å². The lowest BCUT2D eigenvalue weighted by Crippen LogP contribution is -2.17. The Bertz CT molecular complexity index is 3170. The van der Waals surface area contributed by atoms with Gasteiger partial charge in [0.1, 0.15) is 0 Å². The molecule has 11 rings (SSSR count). The molecule has 59 heavy (non-hydrogen) atoms. The molecule has 0 aliphatic heterocycles. The molecule has 9 aromatic carbocycles. The molecular weight excluding hydrogens is 713 g/mol. The molecule has 2 heteroatoms. The van der Waals surface area contributed by atoms with Crippen LogP contribution in [0.4, 0.5) is 17.1 Å². The highest BCUT2D eigenvalue weighted by Crippen LogP contribution is 2.51. The van der Waals surface area contributed by atoms with Crippen LogP contribution in [-0.4, -0.2) is 4.57 Å². The Morgan fingerprint density at radius 1 is 0.356 bits per heavy atom. The zero-order chi connectivity index (χ0) is 39.5. The lowest BCUT2D eigenvalue weighted by atomic mass is 9.82. The van der Waals surface area contributed by atoms with E-state index in [-0.39, 0.29) is 5.41 Å². The van der Waals surface area contributed by atoms with Gasteiger partial charge < -0.3 is 9.47 Å². The van der Waals surface area contributed by atoms with E-state index in [1.807, 2.05) is 0 Å². The molecule has 2 nitrogen and oxygen atoms in total. The third kappa shape index (κ3) is 5.71. The van der Waals surface area contributed by atoms with Gasteiger partial charge in [-0.3, -0.25) is 0 Å². The number of hydrogen-bond donors (Lipinski definition) is 0. The first kappa shape index (κ1) is 34.8. The summed E-state index contributed by atoms with van der Waals surface area (Å²) in [6.45, 7) is 4.73. The molecule has 1 aromatic heterocycles. The van der Waals surface area contributed by atoms with Crippen molar-refractivity contribution >= 4 is 38.9 Å². The van der Waals surface area contributed by atoms with Gasteiger partial charge in [0.2, 0.25) is 0 Å².